The van der Waals surface area contributed by atoms with Gasteiger partial charge in [-0.25, -0.2) is 4.79 Å². The van der Waals surface area contributed by atoms with Crippen LogP contribution < -0.4 is 11.2 Å². The molecule has 1 aliphatic heterocycles. The normalized spacial score (nSPS) is 25.4. The highest BCUT2D eigenvalue weighted by atomic mass is 32.2. The Balaban J connectivity index is 2.35. The van der Waals surface area contributed by atoms with Crippen molar-refractivity contribution in [3.63, 3.8) is 0 Å². The van der Waals surface area contributed by atoms with Gasteiger partial charge in [0.25, 0.3) is 5.56 Å². The highest BCUT2D eigenvalue weighted by Crippen LogP contribution is 2.27. The average molecular weight is 226 g/mol. The second kappa shape index (κ2) is 4.08. The average Bonchev–Trinajstić information content (AvgIpc) is 2.20. The van der Waals surface area contributed by atoms with Gasteiger partial charge in [0.2, 0.25) is 0 Å². The number of nitrogens with one attached hydrogen (secondary N) is 1. The van der Waals surface area contributed by atoms with Gasteiger partial charge in [0.1, 0.15) is 5.37 Å². The summed E-state index contributed by atoms with van der Waals surface area (Å²) in [4.78, 5) is 24.5. The Bertz CT molecular complexity index is 491. The van der Waals surface area contributed by atoms with E-state index in [2.05, 4.69) is 4.98 Å². The standard InChI is InChI=1S/C9H10N2O3S/c12-6-1-2-8(15-5-6)11-4-3-7(13)10-9(11)14/h1-4,6,8,12H,5H2,(H,10,13,14)/t6-,8-/m1/s1. The minimum atomic E-state index is -0.454. The predicted molar refractivity (Wildman–Crippen MR) is 58.0 cm³/mol. The number of H-pyrrole nitrogens is 1. The van der Waals surface area contributed by atoms with Crippen LogP contribution in [0.15, 0.2) is 34.0 Å². The van der Waals surface area contributed by atoms with Crippen molar-refractivity contribution in [3.8, 4) is 0 Å². The van der Waals surface area contributed by atoms with Crippen molar-refractivity contribution in [1.82, 2.24) is 9.55 Å². The Morgan fingerprint density at radius 1 is 1.47 bits per heavy atom. The lowest BCUT2D eigenvalue weighted by atomic mass is 10.3. The summed E-state index contributed by atoms with van der Waals surface area (Å²) in [5.74, 6) is 0.548. The van der Waals surface area contributed by atoms with E-state index in [0.29, 0.717) is 5.75 Å². The molecule has 2 rings (SSSR count). The number of nitrogens with zero attached hydrogens (tertiary/aromatic N) is 1. The van der Waals surface area contributed by atoms with E-state index >= 15 is 0 Å². The zero-order chi connectivity index (χ0) is 10.8. The molecule has 0 unspecified atom stereocenters. The monoisotopic (exact) mass is 226 g/mol. The quantitative estimate of drug-likeness (QED) is 0.645. The zero-order valence-electron chi connectivity index (χ0n) is 7.79. The number of hydrogen-bond donors (Lipinski definition) is 2. The number of aliphatic hydroxyl groups excluding tert-OH is 1. The molecular weight excluding hydrogens is 216 g/mol. The third kappa shape index (κ3) is 2.21. The van der Waals surface area contributed by atoms with Crippen LogP contribution in [0.4, 0.5) is 0 Å². The fourth-order valence-corrected chi connectivity index (χ4v) is 2.37. The Hall–Kier alpha value is -1.27. The number of hydrogen-bond acceptors (Lipinski definition) is 4. The molecule has 0 radical (unpaired) electrons. The van der Waals surface area contributed by atoms with Crippen LogP contribution in [-0.4, -0.2) is 26.5 Å². The van der Waals surface area contributed by atoms with Crippen molar-refractivity contribution < 1.29 is 5.11 Å². The van der Waals surface area contributed by atoms with E-state index in [-0.39, 0.29) is 5.37 Å². The van der Waals surface area contributed by atoms with E-state index in [1.54, 1.807) is 12.2 Å². The minimum Gasteiger partial charge on any atom is -0.388 e. The summed E-state index contributed by atoms with van der Waals surface area (Å²) in [6.07, 6.45) is 4.41. The summed E-state index contributed by atoms with van der Waals surface area (Å²) in [5.41, 5.74) is -0.831. The Kier molecular flexibility index (Phi) is 2.79. The summed E-state index contributed by atoms with van der Waals surface area (Å²) < 4.78 is 1.43. The van der Waals surface area contributed by atoms with Gasteiger partial charge in [-0.2, -0.15) is 0 Å². The van der Waals surface area contributed by atoms with E-state index in [4.69, 9.17) is 0 Å². The van der Waals surface area contributed by atoms with Crippen LogP contribution in [0.3, 0.4) is 0 Å². The Morgan fingerprint density at radius 3 is 2.87 bits per heavy atom. The van der Waals surface area contributed by atoms with E-state index < -0.39 is 17.4 Å². The van der Waals surface area contributed by atoms with Gasteiger partial charge in [-0.1, -0.05) is 12.2 Å². The predicted octanol–water partition coefficient (Wildman–Crippen LogP) is -0.301. The maximum atomic E-state index is 11.4. The van der Waals surface area contributed by atoms with Gasteiger partial charge >= 0.3 is 5.69 Å². The van der Waals surface area contributed by atoms with Crippen LogP contribution in [0.5, 0.6) is 0 Å². The summed E-state index contributed by atoms with van der Waals surface area (Å²) in [5, 5.41) is 9.08. The highest BCUT2D eigenvalue weighted by molar-refractivity contribution is 7.99. The second-order valence-corrected chi connectivity index (χ2v) is 4.34. The molecule has 1 aliphatic rings. The lowest BCUT2D eigenvalue weighted by molar-refractivity contribution is 0.246. The van der Waals surface area contributed by atoms with Gasteiger partial charge < -0.3 is 5.11 Å². The molecule has 0 amide bonds. The van der Waals surface area contributed by atoms with Crippen molar-refractivity contribution in [2.45, 2.75) is 11.5 Å². The van der Waals surface area contributed by atoms with Gasteiger partial charge in [-0.15, -0.1) is 11.8 Å². The fraction of sp³-hybridized carbons (Fsp3) is 0.333. The zero-order valence-corrected chi connectivity index (χ0v) is 8.61. The van der Waals surface area contributed by atoms with E-state index in [1.807, 2.05) is 0 Å². The molecule has 1 aromatic rings. The molecule has 0 bridgehead atoms. The third-order valence-corrected chi connectivity index (χ3v) is 3.32. The SMILES string of the molecule is O=c1ccn([C@H]2C=C[C@@H](O)CS2)c(=O)[nH]1. The molecule has 0 aromatic carbocycles. The van der Waals surface area contributed by atoms with Crippen molar-refractivity contribution in [1.29, 1.82) is 0 Å². The molecule has 2 heterocycles. The molecule has 0 saturated heterocycles. The Morgan fingerprint density at radius 2 is 2.27 bits per heavy atom. The maximum absolute atomic E-state index is 11.4. The van der Waals surface area contributed by atoms with Crippen LogP contribution in [0, 0.1) is 0 Å². The molecule has 15 heavy (non-hydrogen) atoms. The lowest BCUT2D eigenvalue weighted by Crippen LogP contribution is -2.31. The first-order chi connectivity index (χ1) is 7.16. The van der Waals surface area contributed by atoms with Gasteiger partial charge in [-0.05, 0) is 0 Å². The lowest BCUT2D eigenvalue weighted by Gasteiger charge is -2.20. The smallest absolute Gasteiger partial charge is 0.329 e. The Labute approximate surface area is 89.5 Å². The van der Waals surface area contributed by atoms with Crippen molar-refractivity contribution in [2.24, 2.45) is 0 Å². The van der Waals surface area contributed by atoms with Gasteiger partial charge in [0.15, 0.2) is 0 Å². The number of rotatable bonds is 1. The van der Waals surface area contributed by atoms with Gasteiger partial charge in [0, 0.05) is 18.0 Å². The van der Waals surface area contributed by atoms with Crippen molar-refractivity contribution in [2.75, 3.05) is 5.75 Å². The number of aliphatic hydroxyl groups is 1. The molecule has 5 nitrogen and oxygen atoms in total. The number of aromatic nitrogens is 2. The summed E-state index contributed by atoms with van der Waals surface area (Å²) in [6, 6.07) is 1.31. The first-order valence-electron chi connectivity index (χ1n) is 4.46. The van der Waals surface area contributed by atoms with Crippen molar-refractivity contribution >= 4 is 11.8 Å². The van der Waals surface area contributed by atoms with E-state index in [9.17, 15) is 14.7 Å². The highest BCUT2D eigenvalue weighted by Gasteiger charge is 2.16. The second-order valence-electron chi connectivity index (χ2n) is 3.19. The summed E-state index contributed by atoms with van der Waals surface area (Å²) in [6.45, 7) is 0. The number of aromatic amines is 1. The molecule has 0 saturated carbocycles. The first-order valence-corrected chi connectivity index (χ1v) is 5.51. The van der Waals surface area contributed by atoms with Crippen LogP contribution in [0.2, 0.25) is 0 Å². The molecule has 0 aliphatic carbocycles. The van der Waals surface area contributed by atoms with E-state index in [0.717, 1.165) is 0 Å². The van der Waals surface area contributed by atoms with Crippen LogP contribution in [0.25, 0.3) is 0 Å². The third-order valence-electron chi connectivity index (χ3n) is 2.06. The van der Waals surface area contributed by atoms with Gasteiger partial charge in [0.05, 0.1) is 6.10 Å². The molecule has 2 atom stereocenters. The molecule has 6 heteroatoms. The van der Waals surface area contributed by atoms with E-state index in [1.165, 1.54) is 28.6 Å². The topological polar surface area (TPSA) is 75.1 Å². The number of thioether (sulfide) groups is 1. The van der Waals surface area contributed by atoms with Crippen LogP contribution in [-0.2, 0) is 0 Å². The summed E-state index contributed by atoms with van der Waals surface area (Å²) in [7, 11) is 0. The van der Waals surface area contributed by atoms with Crippen molar-refractivity contribution in [3.05, 3.63) is 45.3 Å². The molecule has 80 valence electrons. The minimum absolute atomic E-state index is 0.155. The molecular formula is C9H10N2O3S. The van der Waals surface area contributed by atoms with Crippen LogP contribution in [0.1, 0.15) is 5.37 Å². The molecule has 0 spiro atoms. The first kappa shape index (κ1) is 10.3. The summed E-state index contributed by atoms with van der Waals surface area (Å²) >= 11 is 1.45. The largest absolute Gasteiger partial charge is 0.388 e. The molecule has 2 N–H and O–H groups in total. The van der Waals surface area contributed by atoms with Crippen LogP contribution >= 0.6 is 11.8 Å². The molecule has 1 aromatic heterocycles. The van der Waals surface area contributed by atoms with Gasteiger partial charge in [-0.3, -0.25) is 14.3 Å². The maximum Gasteiger partial charge on any atom is 0.329 e. The fourth-order valence-electron chi connectivity index (χ4n) is 1.33. The molecule has 0 fully saturated rings.